The lowest BCUT2D eigenvalue weighted by Crippen LogP contribution is -2.40. The molecule has 1 atom stereocenters. The van der Waals surface area contributed by atoms with Crippen LogP contribution in [0.5, 0.6) is 0 Å². The Labute approximate surface area is 168 Å². The van der Waals surface area contributed by atoms with Crippen LogP contribution in [-0.2, 0) is 30.7 Å². The second kappa shape index (κ2) is 7.94. The van der Waals surface area contributed by atoms with Crippen LogP contribution in [-0.4, -0.2) is 57.0 Å². The summed E-state index contributed by atoms with van der Waals surface area (Å²) in [6.45, 7) is 1.28. The van der Waals surface area contributed by atoms with Crippen LogP contribution >= 0.6 is 0 Å². The lowest BCUT2D eigenvalue weighted by Gasteiger charge is -2.26. The van der Waals surface area contributed by atoms with Crippen LogP contribution in [0.25, 0.3) is 0 Å². The third-order valence-corrected chi connectivity index (χ3v) is 6.79. The summed E-state index contributed by atoms with van der Waals surface area (Å²) in [5.74, 6) is -1.05. The number of nitrogens with one attached hydrogen (secondary N) is 1. The van der Waals surface area contributed by atoms with Crippen LogP contribution in [0.1, 0.15) is 15.9 Å². The van der Waals surface area contributed by atoms with Gasteiger partial charge in [-0.1, -0.05) is 24.3 Å². The molecule has 0 bridgehead atoms. The van der Waals surface area contributed by atoms with Crippen LogP contribution in [0.15, 0.2) is 53.4 Å². The summed E-state index contributed by atoms with van der Waals surface area (Å²) >= 11 is 0. The van der Waals surface area contributed by atoms with Crippen molar-refractivity contribution in [2.45, 2.75) is 17.4 Å². The number of rotatable bonds is 4. The molecule has 2 aliphatic heterocycles. The highest BCUT2D eigenvalue weighted by Gasteiger charge is 2.31. The highest BCUT2D eigenvalue weighted by atomic mass is 32.2. The molecule has 1 saturated heterocycles. The Hall–Kier alpha value is -2.75. The first-order valence-corrected chi connectivity index (χ1v) is 10.7. The summed E-state index contributed by atoms with van der Waals surface area (Å²) in [6, 6.07) is 13.0. The van der Waals surface area contributed by atoms with Gasteiger partial charge in [0.1, 0.15) is 0 Å². The van der Waals surface area contributed by atoms with Gasteiger partial charge in [0.05, 0.1) is 23.7 Å². The summed E-state index contributed by atoms with van der Waals surface area (Å²) in [5, 5.41) is 2.65. The topological polar surface area (TPSA) is 102 Å². The summed E-state index contributed by atoms with van der Waals surface area (Å²) in [6.07, 6.45) is -0.712. The fourth-order valence-electron chi connectivity index (χ4n) is 3.37. The average molecular weight is 416 g/mol. The Balaban J connectivity index is 1.50. The van der Waals surface area contributed by atoms with E-state index in [9.17, 15) is 18.0 Å². The summed E-state index contributed by atoms with van der Waals surface area (Å²) < 4.78 is 37.4. The molecule has 152 valence electrons. The Morgan fingerprint density at radius 3 is 2.62 bits per heavy atom. The van der Waals surface area contributed by atoms with Crippen LogP contribution in [0.4, 0.5) is 5.69 Å². The number of morpholine rings is 1. The van der Waals surface area contributed by atoms with Gasteiger partial charge < -0.3 is 14.8 Å². The Kier molecular flexibility index (Phi) is 5.35. The normalized spacial score (nSPS) is 19.9. The monoisotopic (exact) mass is 416 g/mol. The first kappa shape index (κ1) is 19.6. The molecule has 1 fully saturated rings. The minimum atomic E-state index is -3.68. The van der Waals surface area contributed by atoms with Gasteiger partial charge >= 0.3 is 5.97 Å². The SMILES string of the molecule is O=C1O[C@H](C(=O)Nc2cccc(S(=O)(=O)N3CCOCC3)c2)Cc2ccccc21. The summed E-state index contributed by atoms with van der Waals surface area (Å²) in [4.78, 5) is 24.8. The van der Waals surface area contributed by atoms with E-state index in [-0.39, 0.29) is 24.4 Å². The van der Waals surface area contributed by atoms with Crippen molar-refractivity contribution in [3.05, 3.63) is 59.7 Å². The molecular weight excluding hydrogens is 396 g/mol. The molecule has 0 aliphatic carbocycles. The Morgan fingerprint density at radius 1 is 1.07 bits per heavy atom. The van der Waals surface area contributed by atoms with Crippen LogP contribution in [0.3, 0.4) is 0 Å². The number of amides is 1. The highest BCUT2D eigenvalue weighted by Crippen LogP contribution is 2.23. The maximum Gasteiger partial charge on any atom is 0.339 e. The molecule has 0 saturated carbocycles. The minimum Gasteiger partial charge on any atom is -0.448 e. The van der Waals surface area contributed by atoms with Crippen molar-refractivity contribution in [2.75, 3.05) is 31.6 Å². The van der Waals surface area contributed by atoms with Gasteiger partial charge in [-0.25, -0.2) is 13.2 Å². The van der Waals surface area contributed by atoms with E-state index in [2.05, 4.69) is 5.32 Å². The highest BCUT2D eigenvalue weighted by molar-refractivity contribution is 7.89. The van der Waals surface area contributed by atoms with E-state index in [1.165, 1.54) is 16.4 Å². The smallest absolute Gasteiger partial charge is 0.339 e. The van der Waals surface area contributed by atoms with Crippen molar-refractivity contribution in [3.8, 4) is 0 Å². The number of ether oxygens (including phenoxy) is 2. The molecule has 2 aliphatic rings. The number of sulfonamides is 1. The van der Waals surface area contributed by atoms with Crippen molar-refractivity contribution in [3.63, 3.8) is 0 Å². The van der Waals surface area contributed by atoms with Gasteiger partial charge in [-0.15, -0.1) is 0 Å². The average Bonchev–Trinajstić information content (AvgIpc) is 2.74. The molecule has 9 heteroatoms. The molecule has 1 N–H and O–H groups in total. The van der Waals surface area contributed by atoms with Crippen molar-refractivity contribution >= 4 is 27.6 Å². The predicted octanol–water partition coefficient (Wildman–Crippen LogP) is 1.43. The number of hydrogen-bond acceptors (Lipinski definition) is 6. The van der Waals surface area contributed by atoms with Gasteiger partial charge in [-0.3, -0.25) is 4.79 Å². The van der Waals surface area contributed by atoms with Crippen molar-refractivity contribution in [1.82, 2.24) is 4.31 Å². The lowest BCUT2D eigenvalue weighted by atomic mass is 9.98. The number of carbonyl (C=O) groups is 2. The zero-order valence-electron chi connectivity index (χ0n) is 15.5. The predicted molar refractivity (Wildman–Crippen MR) is 104 cm³/mol. The van der Waals surface area contributed by atoms with Crippen LogP contribution in [0, 0.1) is 0 Å². The zero-order chi connectivity index (χ0) is 20.4. The van der Waals surface area contributed by atoms with Crippen LogP contribution in [0.2, 0.25) is 0 Å². The van der Waals surface area contributed by atoms with Gasteiger partial charge in [0.2, 0.25) is 10.0 Å². The quantitative estimate of drug-likeness (QED) is 0.757. The van der Waals surface area contributed by atoms with Gasteiger partial charge in [0.15, 0.2) is 6.10 Å². The standard InChI is InChI=1S/C20H20N2O6S/c23-19(18-12-14-4-1-2-7-17(14)20(24)28-18)21-15-5-3-6-16(13-15)29(25,26)22-8-10-27-11-9-22/h1-7,13,18H,8-12H2,(H,21,23)/t18-/m0/s1. The molecule has 29 heavy (non-hydrogen) atoms. The van der Waals surface area contributed by atoms with E-state index >= 15 is 0 Å². The molecule has 4 rings (SSSR count). The first-order valence-electron chi connectivity index (χ1n) is 9.23. The molecule has 2 aromatic rings. The Bertz CT molecular complexity index is 1050. The van der Waals surface area contributed by atoms with E-state index in [4.69, 9.17) is 9.47 Å². The molecule has 0 unspecified atom stereocenters. The molecular formula is C20H20N2O6S. The number of carbonyl (C=O) groups excluding carboxylic acids is 2. The number of benzene rings is 2. The maximum atomic E-state index is 12.8. The van der Waals surface area contributed by atoms with E-state index < -0.39 is 28.0 Å². The third-order valence-electron chi connectivity index (χ3n) is 4.89. The molecule has 8 nitrogen and oxygen atoms in total. The largest absolute Gasteiger partial charge is 0.448 e. The summed E-state index contributed by atoms with van der Waals surface area (Å²) in [7, 11) is -3.68. The first-order chi connectivity index (χ1) is 13.9. The van der Waals surface area contributed by atoms with Gasteiger partial charge in [-0.2, -0.15) is 4.31 Å². The minimum absolute atomic E-state index is 0.0863. The molecule has 0 aromatic heterocycles. The fraction of sp³-hybridized carbons (Fsp3) is 0.300. The number of esters is 1. The molecule has 0 spiro atoms. The fourth-order valence-corrected chi connectivity index (χ4v) is 4.83. The Morgan fingerprint density at radius 2 is 1.83 bits per heavy atom. The molecule has 2 heterocycles. The van der Waals surface area contributed by atoms with Crippen molar-refractivity contribution in [1.29, 1.82) is 0 Å². The molecule has 2 aromatic carbocycles. The van der Waals surface area contributed by atoms with E-state index in [0.29, 0.717) is 24.5 Å². The number of anilines is 1. The number of fused-ring (bicyclic) bond motifs is 1. The number of cyclic esters (lactones) is 1. The third kappa shape index (κ3) is 4.02. The second-order valence-corrected chi connectivity index (χ2v) is 8.73. The second-order valence-electron chi connectivity index (χ2n) is 6.79. The number of hydrogen-bond donors (Lipinski definition) is 1. The van der Waals surface area contributed by atoms with Gasteiger partial charge in [0.25, 0.3) is 5.91 Å². The lowest BCUT2D eigenvalue weighted by molar-refractivity contribution is -0.125. The number of nitrogens with zero attached hydrogens (tertiary/aromatic N) is 1. The van der Waals surface area contributed by atoms with Crippen LogP contribution < -0.4 is 5.32 Å². The van der Waals surface area contributed by atoms with E-state index in [0.717, 1.165) is 5.56 Å². The van der Waals surface area contributed by atoms with E-state index in [1.807, 2.05) is 0 Å². The molecule has 1 amide bonds. The van der Waals surface area contributed by atoms with Gasteiger partial charge in [-0.05, 0) is 29.8 Å². The van der Waals surface area contributed by atoms with Crippen molar-refractivity contribution < 1.29 is 27.5 Å². The summed E-state index contributed by atoms with van der Waals surface area (Å²) in [5.41, 5.74) is 1.52. The van der Waals surface area contributed by atoms with Crippen molar-refractivity contribution in [2.24, 2.45) is 0 Å². The van der Waals surface area contributed by atoms with E-state index in [1.54, 1.807) is 36.4 Å². The zero-order valence-corrected chi connectivity index (χ0v) is 16.4. The maximum absolute atomic E-state index is 12.8. The van der Waals surface area contributed by atoms with Gasteiger partial charge in [0, 0.05) is 25.2 Å². The molecule has 0 radical (unpaired) electrons.